The van der Waals surface area contributed by atoms with Gasteiger partial charge in [-0.1, -0.05) is 5.16 Å². The molecule has 0 spiro atoms. The maximum Gasteiger partial charge on any atom is 0.345 e. The van der Waals surface area contributed by atoms with Gasteiger partial charge in [0.05, 0.1) is 5.69 Å². The van der Waals surface area contributed by atoms with Crippen molar-refractivity contribution in [1.29, 1.82) is 0 Å². The average molecular weight is 302 g/mol. The van der Waals surface area contributed by atoms with Crippen LogP contribution < -0.4 is 5.69 Å². The lowest BCUT2D eigenvalue weighted by atomic mass is 9.94. The highest BCUT2D eigenvalue weighted by Gasteiger charge is 2.29. The van der Waals surface area contributed by atoms with Crippen molar-refractivity contribution in [3.8, 4) is 0 Å². The molecule has 1 aliphatic heterocycles. The monoisotopic (exact) mass is 302 g/mol. The van der Waals surface area contributed by atoms with Crippen molar-refractivity contribution < 1.29 is 9.32 Å². The number of hydrogen-bond donors (Lipinski definition) is 1. The molecule has 0 radical (unpaired) electrons. The van der Waals surface area contributed by atoms with Crippen molar-refractivity contribution in [2.45, 2.75) is 32.6 Å². The van der Waals surface area contributed by atoms with E-state index in [2.05, 4.69) is 15.1 Å². The fraction of sp³-hybridized carbons (Fsp3) is 0.467. The minimum absolute atomic E-state index is 0.0580. The van der Waals surface area contributed by atoms with Crippen LogP contribution in [-0.4, -0.2) is 39.0 Å². The topological polar surface area (TPSA) is 92.1 Å². The molecular formula is C15H18N4O3. The molecule has 3 heterocycles. The summed E-state index contributed by atoms with van der Waals surface area (Å²) in [6.07, 6.45) is 3.33. The molecule has 0 aromatic carbocycles. The van der Waals surface area contributed by atoms with E-state index in [1.165, 1.54) is 6.20 Å². The molecule has 22 heavy (non-hydrogen) atoms. The Morgan fingerprint density at radius 2 is 2.27 bits per heavy atom. The largest absolute Gasteiger partial charge is 0.361 e. The number of amides is 1. The Morgan fingerprint density at radius 3 is 2.95 bits per heavy atom. The van der Waals surface area contributed by atoms with Gasteiger partial charge < -0.3 is 14.4 Å². The molecule has 0 bridgehead atoms. The molecule has 0 saturated carbocycles. The molecule has 7 nitrogen and oxygen atoms in total. The summed E-state index contributed by atoms with van der Waals surface area (Å²) in [5.41, 5.74) is 1.63. The first kappa shape index (κ1) is 14.5. The molecule has 7 heteroatoms. The van der Waals surface area contributed by atoms with Crippen molar-refractivity contribution in [3.63, 3.8) is 0 Å². The van der Waals surface area contributed by atoms with Gasteiger partial charge in [-0.05, 0) is 32.8 Å². The number of carbonyl (C=O) groups excluding carboxylic acids is 1. The molecule has 116 valence electrons. The number of carbonyl (C=O) groups is 1. The number of aryl methyl sites for hydroxylation is 2. The van der Waals surface area contributed by atoms with E-state index in [1.807, 2.05) is 0 Å². The second kappa shape index (κ2) is 5.75. The minimum Gasteiger partial charge on any atom is -0.361 e. The highest BCUT2D eigenvalue weighted by Crippen LogP contribution is 2.26. The molecule has 1 saturated heterocycles. The van der Waals surface area contributed by atoms with Gasteiger partial charge in [0.1, 0.15) is 11.3 Å². The van der Waals surface area contributed by atoms with Crippen LogP contribution in [0.5, 0.6) is 0 Å². The van der Waals surface area contributed by atoms with E-state index < -0.39 is 0 Å². The van der Waals surface area contributed by atoms with Gasteiger partial charge in [-0.25, -0.2) is 9.78 Å². The number of aromatic nitrogens is 3. The lowest BCUT2D eigenvalue weighted by molar-refractivity contribution is 0.0703. The van der Waals surface area contributed by atoms with Crippen LogP contribution in [-0.2, 0) is 0 Å². The molecule has 2 aromatic heterocycles. The van der Waals surface area contributed by atoms with Gasteiger partial charge in [0.25, 0.3) is 5.91 Å². The zero-order valence-corrected chi connectivity index (χ0v) is 12.6. The standard InChI is InChI=1S/C15H18N4O3/c1-9-13(10(2)22-18-9)14(20)19-7-3-4-11(8-19)12-5-6-16-15(21)17-12/h5-6,11H,3-4,7-8H2,1-2H3,(H,16,17,21)/t11-/m1/s1. The highest BCUT2D eigenvalue weighted by atomic mass is 16.5. The Bertz CT molecular complexity index is 730. The summed E-state index contributed by atoms with van der Waals surface area (Å²) in [4.78, 5) is 32.2. The third kappa shape index (κ3) is 2.66. The predicted octanol–water partition coefficient (Wildman–Crippen LogP) is 1.39. The summed E-state index contributed by atoms with van der Waals surface area (Å²) in [7, 11) is 0. The number of aromatic amines is 1. The lowest BCUT2D eigenvalue weighted by Crippen LogP contribution is -2.40. The van der Waals surface area contributed by atoms with Gasteiger partial charge in [-0.3, -0.25) is 4.79 Å². The smallest absolute Gasteiger partial charge is 0.345 e. The van der Waals surface area contributed by atoms with Gasteiger partial charge >= 0.3 is 5.69 Å². The number of likely N-dealkylation sites (tertiary alicyclic amines) is 1. The van der Waals surface area contributed by atoms with Gasteiger partial charge in [0.15, 0.2) is 0 Å². The van der Waals surface area contributed by atoms with Crippen molar-refractivity contribution in [2.24, 2.45) is 0 Å². The molecule has 1 amide bonds. The Morgan fingerprint density at radius 1 is 1.45 bits per heavy atom. The number of rotatable bonds is 2. The maximum atomic E-state index is 12.7. The fourth-order valence-electron chi connectivity index (χ4n) is 2.98. The summed E-state index contributed by atoms with van der Waals surface area (Å²) in [5, 5.41) is 3.84. The van der Waals surface area contributed by atoms with Gasteiger partial charge in [-0.15, -0.1) is 0 Å². The van der Waals surface area contributed by atoms with E-state index in [-0.39, 0.29) is 17.5 Å². The van der Waals surface area contributed by atoms with Crippen LogP contribution in [0.1, 0.15) is 46.3 Å². The van der Waals surface area contributed by atoms with Crippen LogP contribution >= 0.6 is 0 Å². The SMILES string of the molecule is Cc1noc(C)c1C(=O)N1CCC[C@@H](c2ccnc(=O)[nH]2)C1. The molecule has 0 aliphatic carbocycles. The highest BCUT2D eigenvalue weighted by molar-refractivity contribution is 5.96. The predicted molar refractivity (Wildman–Crippen MR) is 78.7 cm³/mol. The van der Waals surface area contributed by atoms with E-state index >= 15 is 0 Å². The number of nitrogens with zero attached hydrogens (tertiary/aromatic N) is 3. The summed E-state index contributed by atoms with van der Waals surface area (Å²) in [6, 6.07) is 1.80. The number of piperidine rings is 1. The number of hydrogen-bond acceptors (Lipinski definition) is 5. The van der Waals surface area contributed by atoms with E-state index in [0.29, 0.717) is 30.1 Å². The average Bonchev–Trinajstić information content (AvgIpc) is 2.86. The Labute approximate surface area is 127 Å². The first-order valence-corrected chi connectivity index (χ1v) is 7.33. The Balaban J connectivity index is 1.81. The molecular weight excluding hydrogens is 284 g/mol. The second-order valence-corrected chi connectivity index (χ2v) is 5.62. The van der Waals surface area contributed by atoms with Gasteiger partial charge in [0, 0.05) is 30.9 Å². The lowest BCUT2D eigenvalue weighted by Gasteiger charge is -2.32. The van der Waals surface area contributed by atoms with Crippen LogP contribution in [0.4, 0.5) is 0 Å². The van der Waals surface area contributed by atoms with Crippen molar-refractivity contribution in [1.82, 2.24) is 20.0 Å². The minimum atomic E-state index is -0.355. The van der Waals surface area contributed by atoms with Crippen LogP contribution in [0.2, 0.25) is 0 Å². The van der Waals surface area contributed by atoms with Crippen molar-refractivity contribution in [2.75, 3.05) is 13.1 Å². The Hall–Kier alpha value is -2.44. The third-order valence-corrected chi connectivity index (χ3v) is 4.09. The van der Waals surface area contributed by atoms with Gasteiger partial charge in [-0.2, -0.15) is 0 Å². The number of nitrogens with one attached hydrogen (secondary N) is 1. The quantitative estimate of drug-likeness (QED) is 0.905. The van der Waals surface area contributed by atoms with Crippen LogP contribution in [0.3, 0.4) is 0 Å². The fourth-order valence-corrected chi connectivity index (χ4v) is 2.98. The zero-order chi connectivity index (χ0) is 15.7. The van der Waals surface area contributed by atoms with Crippen molar-refractivity contribution >= 4 is 5.91 Å². The second-order valence-electron chi connectivity index (χ2n) is 5.62. The normalized spacial score (nSPS) is 18.5. The summed E-state index contributed by atoms with van der Waals surface area (Å²) >= 11 is 0. The Kier molecular flexibility index (Phi) is 3.79. The first-order valence-electron chi connectivity index (χ1n) is 7.33. The summed E-state index contributed by atoms with van der Waals surface area (Å²) < 4.78 is 5.08. The van der Waals surface area contributed by atoms with E-state index in [1.54, 1.807) is 24.8 Å². The maximum absolute atomic E-state index is 12.7. The van der Waals surface area contributed by atoms with E-state index in [9.17, 15) is 9.59 Å². The molecule has 0 unspecified atom stereocenters. The molecule has 1 aliphatic rings. The van der Waals surface area contributed by atoms with Crippen LogP contribution in [0.25, 0.3) is 0 Å². The zero-order valence-electron chi connectivity index (χ0n) is 12.6. The van der Waals surface area contributed by atoms with E-state index in [4.69, 9.17) is 4.52 Å². The third-order valence-electron chi connectivity index (χ3n) is 4.09. The molecule has 2 aromatic rings. The molecule has 1 N–H and O–H groups in total. The van der Waals surface area contributed by atoms with Crippen molar-refractivity contribution in [3.05, 3.63) is 45.5 Å². The summed E-state index contributed by atoms with van der Waals surface area (Å²) in [6.45, 7) is 4.79. The first-order chi connectivity index (χ1) is 10.6. The molecule has 1 fully saturated rings. The van der Waals surface area contributed by atoms with E-state index in [0.717, 1.165) is 18.5 Å². The number of H-pyrrole nitrogens is 1. The summed E-state index contributed by atoms with van der Waals surface area (Å²) in [5.74, 6) is 0.605. The van der Waals surface area contributed by atoms with Gasteiger partial charge in [0.2, 0.25) is 0 Å². The van der Waals surface area contributed by atoms with Crippen LogP contribution in [0.15, 0.2) is 21.6 Å². The van der Waals surface area contributed by atoms with Crippen LogP contribution in [0, 0.1) is 13.8 Å². The molecule has 1 atom stereocenters. The molecule has 3 rings (SSSR count).